The lowest BCUT2D eigenvalue weighted by Crippen LogP contribution is -2.57. The Morgan fingerprint density at radius 1 is 1.32 bits per heavy atom. The first-order valence-corrected chi connectivity index (χ1v) is 6.00. The highest BCUT2D eigenvalue weighted by Gasteiger charge is 2.53. The Morgan fingerprint density at radius 2 is 2.11 bits per heavy atom. The molecule has 0 atom stereocenters. The number of hydrogen-bond acceptors (Lipinski definition) is 4. The molecular formula is C13H13NO5. The number of ether oxygens (including phenoxy) is 2. The van der Waals surface area contributed by atoms with Gasteiger partial charge in [-0.3, -0.25) is 9.59 Å². The van der Waals surface area contributed by atoms with Gasteiger partial charge in [-0.05, 0) is 23.8 Å². The van der Waals surface area contributed by atoms with Crippen molar-refractivity contribution in [3.05, 3.63) is 23.8 Å². The number of nitrogens with one attached hydrogen (secondary N) is 1. The number of anilines is 1. The molecule has 1 amide bonds. The summed E-state index contributed by atoms with van der Waals surface area (Å²) in [5, 5.41) is 11.8. The average Bonchev–Trinajstić information content (AvgIpc) is 2.73. The fourth-order valence-electron chi connectivity index (χ4n) is 2.17. The molecule has 0 saturated carbocycles. The summed E-state index contributed by atoms with van der Waals surface area (Å²) in [5.41, 5.74) is 0.156. The molecule has 0 unspecified atom stereocenters. The van der Waals surface area contributed by atoms with E-state index in [-0.39, 0.29) is 13.2 Å². The minimum Gasteiger partial charge on any atom is -0.493 e. The normalized spacial score (nSPS) is 18.9. The van der Waals surface area contributed by atoms with E-state index < -0.39 is 17.3 Å². The quantitative estimate of drug-likeness (QED) is 0.783. The van der Waals surface area contributed by atoms with Crippen LogP contribution in [0.15, 0.2) is 18.2 Å². The van der Waals surface area contributed by atoms with Crippen molar-refractivity contribution in [1.29, 1.82) is 0 Å². The second-order valence-corrected chi connectivity index (χ2v) is 4.76. The van der Waals surface area contributed by atoms with E-state index in [1.807, 2.05) is 6.07 Å². The number of aliphatic carboxylic acids is 1. The van der Waals surface area contributed by atoms with Crippen LogP contribution in [0, 0.1) is 5.41 Å². The van der Waals surface area contributed by atoms with Crippen LogP contribution < -0.4 is 10.1 Å². The van der Waals surface area contributed by atoms with Crippen LogP contribution in [-0.4, -0.2) is 36.8 Å². The second kappa shape index (κ2) is 4.24. The van der Waals surface area contributed by atoms with Gasteiger partial charge in [-0.15, -0.1) is 0 Å². The van der Waals surface area contributed by atoms with Crippen LogP contribution in [0.2, 0.25) is 0 Å². The number of carboxylic acid groups (broad SMARTS) is 1. The van der Waals surface area contributed by atoms with Gasteiger partial charge in [0.05, 0.1) is 19.8 Å². The second-order valence-electron chi connectivity index (χ2n) is 4.76. The van der Waals surface area contributed by atoms with Crippen molar-refractivity contribution < 1.29 is 24.2 Å². The van der Waals surface area contributed by atoms with E-state index in [0.717, 1.165) is 17.7 Å². The summed E-state index contributed by atoms with van der Waals surface area (Å²) in [5.74, 6) is -0.871. The van der Waals surface area contributed by atoms with Gasteiger partial charge < -0.3 is 19.9 Å². The number of rotatable bonds is 3. The summed E-state index contributed by atoms with van der Waals surface area (Å²) >= 11 is 0. The molecule has 1 saturated heterocycles. The smallest absolute Gasteiger partial charge is 0.324 e. The molecule has 19 heavy (non-hydrogen) atoms. The van der Waals surface area contributed by atoms with E-state index in [1.165, 1.54) is 0 Å². The third-order valence-electron chi connectivity index (χ3n) is 3.49. The lowest BCUT2D eigenvalue weighted by atomic mass is 9.85. The van der Waals surface area contributed by atoms with Crippen LogP contribution >= 0.6 is 0 Å². The fraction of sp³-hybridized carbons (Fsp3) is 0.385. The van der Waals surface area contributed by atoms with Crippen molar-refractivity contribution in [2.75, 3.05) is 25.1 Å². The lowest BCUT2D eigenvalue weighted by Gasteiger charge is -2.35. The maximum atomic E-state index is 12.1. The number of amides is 1. The Hall–Kier alpha value is -2.08. The largest absolute Gasteiger partial charge is 0.493 e. The molecule has 6 heteroatoms. The molecule has 2 aliphatic rings. The predicted molar refractivity (Wildman–Crippen MR) is 65.2 cm³/mol. The number of fused-ring (bicyclic) bond motifs is 1. The van der Waals surface area contributed by atoms with E-state index >= 15 is 0 Å². The van der Waals surface area contributed by atoms with Crippen LogP contribution in [0.5, 0.6) is 5.75 Å². The summed E-state index contributed by atoms with van der Waals surface area (Å²) in [6.07, 6.45) is 0.798. The molecule has 0 aromatic heterocycles. The Bertz CT molecular complexity index is 550. The summed E-state index contributed by atoms with van der Waals surface area (Å²) < 4.78 is 10.2. The van der Waals surface area contributed by atoms with Gasteiger partial charge in [0.15, 0.2) is 5.41 Å². The predicted octanol–water partition coefficient (Wildman–Crippen LogP) is 0.661. The van der Waals surface area contributed by atoms with Crippen LogP contribution in [-0.2, 0) is 20.7 Å². The first kappa shape index (κ1) is 12.0. The maximum absolute atomic E-state index is 12.1. The van der Waals surface area contributed by atoms with Gasteiger partial charge in [-0.1, -0.05) is 0 Å². The zero-order chi connectivity index (χ0) is 13.5. The zero-order valence-corrected chi connectivity index (χ0v) is 10.1. The molecular weight excluding hydrogens is 250 g/mol. The van der Waals surface area contributed by atoms with Crippen molar-refractivity contribution in [3.63, 3.8) is 0 Å². The summed E-state index contributed by atoms with van der Waals surface area (Å²) in [6.45, 7) is 0.476. The van der Waals surface area contributed by atoms with Crippen molar-refractivity contribution in [2.45, 2.75) is 6.42 Å². The van der Waals surface area contributed by atoms with Crippen molar-refractivity contribution in [2.24, 2.45) is 5.41 Å². The highest BCUT2D eigenvalue weighted by Crippen LogP contribution is 2.32. The van der Waals surface area contributed by atoms with E-state index in [0.29, 0.717) is 12.3 Å². The van der Waals surface area contributed by atoms with Gasteiger partial charge in [-0.25, -0.2) is 0 Å². The van der Waals surface area contributed by atoms with E-state index in [2.05, 4.69) is 5.32 Å². The van der Waals surface area contributed by atoms with Gasteiger partial charge in [-0.2, -0.15) is 0 Å². The third-order valence-corrected chi connectivity index (χ3v) is 3.49. The van der Waals surface area contributed by atoms with Gasteiger partial charge in [0.1, 0.15) is 5.75 Å². The molecule has 0 bridgehead atoms. The number of benzene rings is 1. The highest BCUT2D eigenvalue weighted by molar-refractivity contribution is 6.09. The monoisotopic (exact) mass is 263 g/mol. The van der Waals surface area contributed by atoms with Crippen molar-refractivity contribution in [3.8, 4) is 5.75 Å². The molecule has 100 valence electrons. The summed E-state index contributed by atoms with van der Waals surface area (Å²) in [4.78, 5) is 23.2. The van der Waals surface area contributed by atoms with Gasteiger partial charge >= 0.3 is 5.97 Å². The standard InChI is InChI=1S/C13H13NO5/c15-11(13(12(16)17)6-18-7-13)14-9-1-2-10-8(5-9)3-4-19-10/h1-2,5H,3-4,6-7H2,(H,14,15)(H,16,17). The molecule has 3 rings (SSSR count). The minimum absolute atomic E-state index is 0.0811. The van der Waals surface area contributed by atoms with E-state index in [9.17, 15) is 9.59 Å². The maximum Gasteiger partial charge on any atom is 0.324 e. The van der Waals surface area contributed by atoms with E-state index in [4.69, 9.17) is 14.6 Å². The molecule has 2 N–H and O–H groups in total. The van der Waals surface area contributed by atoms with Crippen LogP contribution in [0.25, 0.3) is 0 Å². The topological polar surface area (TPSA) is 84.9 Å². The summed E-state index contributed by atoms with van der Waals surface area (Å²) in [7, 11) is 0. The Labute approximate surface area is 109 Å². The van der Waals surface area contributed by atoms with Crippen LogP contribution in [0.4, 0.5) is 5.69 Å². The van der Waals surface area contributed by atoms with Gasteiger partial charge in [0.2, 0.25) is 5.91 Å². The summed E-state index contributed by atoms with van der Waals surface area (Å²) in [6, 6.07) is 5.30. The molecule has 1 aromatic carbocycles. The van der Waals surface area contributed by atoms with E-state index in [1.54, 1.807) is 12.1 Å². The van der Waals surface area contributed by atoms with Crippen molar-refractivity contribution >= 4 is 17.6 Å². The molecule has 2 heterocycles. The Morgan fingerprint density at radius 3 is 2.74 bits per heavy atom. The molecule has 0 aliphatic carbocycles. The SMILES string of the molecule is O=C(O)C1(C(=O)Nc2ccc3c(c2)CCO3)COC1. The highest BCUT2D eigenvalue weighted by atomic mass is 16.5. The Kier molecular flexibility index (Phi) is 2.67. The van der Waals surface area contributed by atoms with Gasteiger partial charge in [0, 0.05) is 12.1 Å². The average molecular weight is 263 g/mol. The molecule has 6 nitrogen and oxygen atoms in total. The van der Waals surface area contributed by atoms with Crippen molar-refractivity contribution in [1.82, 2.24) is 0 Å². The number of carbonyl (C=O) groups is 2. The minimum atomic E-state index is -1.45. The van der Waals surface area contributed by atoms with Gasteiger partial charge in [0.25, 0.3) is 0 Å². The first-order chi connectivity index (χ1) is 9.12. The molecule has 0 radical (unpaired) electrons. The molecule has 0 spiro atoms. The third kappa shape index (κ3) is 1.84. The molecule has 2 aliphatic heterocycles. The Balaban J connectivity index is 1.78. The first-order valence-electron chi connectivity index (χ1n) is 6.00. The molecule has 1 fully saturated rings. The van der Waals surface area contributed by atoms with Crippen LogP contribution in [0.3, 0.4) is 0 Å². The number of carboxylic acids is 1. The van der Waals surface area contributed by atoms with Crippen LogP contribution in [0.1, 0.15) is 5.56 Å². The lowest BCUT2D eigenvalue weighted by molar-refractivity contribution is -0.182. The number of carbonyl (C=O) groups excluding carboxylic acids is 1. The molecule has 1 aromatic rings. The fourth-order valence-corrected chi connectivity index (χ4v) is 2.17. The number of hydrogen-bond donors (Lipinski definition) is 2. The zero-order valence-electron chi connectivity index (χ0n) is 10.1.